The number of hydrogen-bond donors (Lipinski definition) is 1. The van der Waals surface area contributed by atoms with Crippen molar-refractivity contribution in [1.29, 1.82) is 0 Å². The summed E-state index contributed by atoms with van der Waals surface area (Å²) in [5.74, 6) is 0.695. The Morgan fingerprint density at radius 1 is 1.40 bits per heavy atom. The lowest BCUT2D eigenvalue weighted by Crippen LogP contribution is -2.39. The zero-order chi connectivity index (χ0) is 14.8. The van der Waals surface area contributed by atoms with Gasteiger partial charge in [-0.1, -0.05) is 17.7 Å². The molecule has 0 bridgehead atoms. The van der Waals surface area contributed by atoms with Gasteiger partial charge in [0.15, 0.2) is 0 Å². The molecule has 5 nitrogen and oxygen atoms in total. The van der Waals surface area contributed by atoms with Crippen LogP contribution < -0.4 is 10.1 Å². The molecule has 1 N–H and O–H groups in total. The van der Waals surface area contributed by atoms with Crippen LogP contribution in [-0.2, 0) is 4.74 Å². The van der Waals surface area contributed by atoms with Gasteiger partial charge >= 0.3 is 6.03 Å². The van der Waals surface area contributed by atoms with Gasteiger partial charge in [0.05, 0.1) is 6.54 Å². The van der Waals surface area contributed by atoms with Gasteiger partial charge in [-0.2, -0.15) is 0 Å². The second kappa shape index (κ2) is 9.44. The highest BCUT2D eigenvalue weighted by atomic mass is 35.5. The molecule has 0 radical (unpaired) electrons. The summed E-state index contributed by atoms with van der Waals surface area (Å²) in [5.41, 5.74) is 0. The van der Waals surface area contributed by atoms with Crippen LogP contribution in [0.2, 0.25) is 5.02 Å². The number of ether oxygens (including phenoxy) is 2. The zero-order valence-electron chi connectivity index (χ0n) is 11.9. The Morgan fingerprint density at radius 2 is 2.20 bits per heavy atom. The minimum atomic E-state index is -0.115. The second-order valence-corrected chi connectivity index (χ2v) is 4.74. The summed E-state index contributed by atoms with van der Waals surface area (Å²) in [6.07, 6.45) is 0.819. The Bertz CT molecular complexity index is 415. The van der Waals surface area contributed by atoms with Crippen LogP contribution in [0.1, 0.15) is 6.42 Å². The van der Waals surface area contributed by atoms with Crippen LogP contribution in [0.4, 0.5) is 4.79 Å². The summed E-state index contributed by atoms with van der Waals surface area (Å²) in [6.45, 7) is 2.16. The maximum absolute atomic E-state index is 11.7. The summed E-state index contributed by atoms with van der Waals surface area (Å²) in [5, 5.41) is 3.41. The van der Waals surface area contributed by atoms with E-state index in [9.17, 15) is 4.79 Å². The standard InChI is InChI=1S/C14H21ClN2O3/c1-17(8-4-9-19-2)14(18)16-7-10-20-13-6-3-5-12(15)11-13/h3,5-6,11H,4,7-10H2,1-2H3,(H,16,18). The predicted octanol–water partition coefficient (Wildman–Crippen LogP) is 2.40. The van der Waals surface area contributed by atoms with Gasteiger partial charge in [-0.05, 0) is 24.6 Å². The molecule has 0 aliphatic rings. The van der Waals surface area contributed by atoms with Crippen LogP contribution in [0.25, 0.3) is 0 Å². The molecule has 0 saturated carbocycles. The van der Waals surface area contributed by atoms with Gasteiger partial charge in [0.2, 0.25) is 0 Å². The number of urea groups is 1. The van der Waals surface area contributed by atoms with Crippen LogP contribution >= 0.6 is 11.6 Å². The molecule has 0 saturated heterocycles. The molecule has 20 heavy (non-hydrogen) atoms. The Kier molecular flexibility index (Phi) is 7.84. The third-order valence-corrected chi connectivity index (χ3v) is 2.87. The van der Waals surface area contributed by atoms with E-state index < -0.39 is 0 Å². The van der Waals surface area contributed by atoms with E-state index in [1.165, 1.54) is 0 Å². The molecular weight excluding hydrogens is 280 g/mol. The molecule has 2 amide bonds. The highest BCUT2D eigenvalue weighted by Crippen LogP contribution is 2.16. The number of halogens is 1. The highest BCUT2D eigenvalue weighted by molar-refractivity contribution is 6.30. The topological polar surface area (TPSA) is 50.8 Å². The summed E-state index contributed by atoms with van der Waals surface area (Å²) in [4.78, 5) is 13.3. The fraction of sp³-hybridized carbons (Fsp3) is 0.500. The van der Waals surface area contributed by atoms with Crippen molar-refractivity contribution in [2.75, 3.05) is 40.5 Å². The maximum atomic E-state index is 11.7. The number of rotatable bonds is 8. The van der Waals surface area contributed by atoms with Crippen molar-refractivity contribution in [3.05, 3.63) is 29.3 Å². The van der Waals surface area contributed by atoms with Gasteiger partial charge in [0.25, 0.3) is 0 Å². The number of carbonyl (C=O) groups excluding carboxylic acids is 1. The molecule has 0 atom stereocenters. The van der Waals surface area contributed by atoms with E-state index >= 15 is 0 Å². The normalized spacial score (nSPS) is 10.2. The number of carbonyl (C=O) groups is 1. The number of benzene rings is 1. The van der Waals surface area contributed by atoms with Crippen molar-refractivity contribution in [2.24, 2.45) is 0 Å². The van der Waals surface area contributed by atoms with E-state index in [1.807, 2.05) is 12.1 Å². The molecule has 1 rings (SSSR count). The van der Waals surface area contributed by atoms with Crippen LogP contribution in [0.3, 0.4) is 0 Å². The molecular formula is C14H21ClN2O3. The van der Waals surface area contributed by atoms with E-state index in [-0.39, 0.29) is 6.03 Å². The van der Waals surface area contributed by atoms with E-state index in [0.29, 0.717) is 37.1 Å². The highest BCUT2D eigenvalue weighted by Gasteiger charge is 2.06. The summed E-state index contributed by atoms with van der Waals surface area (Å²) in [7, 11) is 3.40. The molecule has 0 aliphatic heterocycles. The second-order valence-electron chi connectivity index (χ2n) is 4.31. The zero-order valence-corrected chi connectivity index (χ0v) is 12.7. The Morgan fingerprint density at radius 3 is 2.90 bits per heavy atom. The fourth-order valence-electron chi connectivity index (χ4n) is 1.57. The number of methoxy groups -OCH3 is 1. The lowest BCUT2D eigenvalue weighted by atomic mass is 10.3. The average Bonchev–Trinajstić information content (AvgIpc) is 2.43. The van der Waals surface area contributed by atoms with Gasteiger partial charge in [0, 0.05) is 32.3 Å². The monoisotopic (exact) mass is 300 g/mol. The minimum absolute atomic E-state index is 0.115. The first-order valence-electron chi connectivity index (χ1n) is 6.49. The molecule has 0 heterocycles. The van der Waals surface area contributed by atoms with E-state index in [1.54, 1.807) is 31.2 Å². The van der Waals surface area contributed by atoms with E-state index in [2.05, 4.69) is 5.32 Å². The molecule has 0 unspecified atom stereocenters. The Labute approximate surface area is 124 Å². The van der Waals surface area contributed by atoms with Crippen molar-refractivity contribution in [2.45, 2.75) is 6.42 Å². The number of nitrogens with zero attached hydrogens (tertiary/aromatic N) is 1. The van der Waals surface area contributed by atoms with Crippen LogP contribution in [0.15, 0.2) is 24.3 Å². The quantitative estimate of drug-likeness (QED) is 0.750. The molecule has 1 aromatic carbocycles. The largest absolute Gasteiger partial charge is 0.492 e. The first kappa shape index (κ1) is 16.6. The Hall–Kier alpha value is -1.46. The molecule has 0 fully saturated rings. The van der Waals surface area contributed by atoms with E-state index in [4.69, 9.17) is 21.1 Å². The first-order chi connectivity index (χ1) is 9.63. The molecule has 6 heteroatoms. The van der Waals surface area contributed by atoms with Gasteiger partial charge < -0.3 is 19.7 Å². The summed E-state index contributed by atoms with van der Waals surface area (Å²) in [6, 6.07) is 7.05. The van der Waals surface area contributed by atoms with Gasteiger partial charge in [-0.25, -0.2) is 4.79 Å². The summed E-state index contributed by atoms with van der Waals surface area (Å²) >= 11 is 5.84. The van der Waals surface area contributed by atoms with Gasteiger partial charge in [0.1, 0.15) is 12.4 Å². The van der Waals surface area contributed by atoms with E-state index in [0.717, 1.165) is 6.42 Å². The van der Waals surface area contributed by atoms with Crippen molar-refractivity contribution >= 4 is 17.6 Å². The lowest BCUT2D eigenvalue weighted by Gasteiger charge is -2.17. The Balaban J connectivity index is 2.15. The van der Waals surface area contributed by atoms with Crippen molar-refractivity contribution in [3.8, 4) is 5.75 Å². The maximum Gasteiger partial charge on any atom is 0.317 e. The van der Waals surface area contributed by atoms with Crippen LogP contribution in [-0.4, -0.2) is 51.4 Å². The smallest absolute Gasteiger partial charge is 0.317 e. The fourth-order valence-corrected chi connectivity index (χ4v) is 1.75. The number of nitrogens with one attached hydrogen (secondary N) is 1. The molecule has 112 valence electrons. The molecule has 0 aliphatic carbocycles. The SMILES string of the molecule is COCCCN(C)C(=O)NCCOc1cccc(Cl)c1. The van der Waals surface area contributed by atoms with Crippen molar-refractivity contribution in [1.82, 2.24) is 10.2 Å². The third kappa shape index (κ3) is 6.63. The third-order valence-electron chi connectivity index (χ3n) is 2.63. The summed E-state index contributed by atoms with van der Waals surface area (Å²) < 4.78 is 10.4. The molecule has 0 spiro atoms. The van der Waals surface area contributed by atoms with Gasteiger partial charge in [-0.15, -0.1) is 0 Å². The lowest BCUT2D eigenvalue weighted by molar-refractivity contribution is 0.174. The number of amides is 2. The van der Waals surface area contributed by atoms with Crippen molar-refractivity contribution < 1.29 is 14.3 Å². The van der Waals surface area contributed by atoms with Crippen LogP contribution in [0.5, 0.6) is 5.75 Å². The predicted molar refractivity (Wildman–Crippen MR) is 79.5 cm³/mol. The average molecular weight is 301 g/mol. The molecule has 1 aromatic rings. The molecule has 0 aromatic heterocycles. The van der Waals surface area contributed by atoms with Crippen molar-refractivity contribution in [3.63, 3.8) is 0 Å². The van der Waals surface area contributed by atoms with Crippen LogP contribution in [0, 0.1) is 0 Å². The first-order valence-corrected chi connectivity index (χ1v) is 6.87. The number of hydrogen-bond acceptors (Lipinski definition) is 3. The van der Waals surface area contributed by atoms with Gasteiger partial charge in [-0.3, -0.25) is 0 Å². The minimum Gasteiger partial charge on any atom is -0.492 e.